The summed E-state index contributed by atoms with van der Waals surface area (Å²) in [7, 11) is -1.28. The summed E-state index contributed by atoms with van der Waals surface area (Å²) in [6.45, 7) is 2.03. The van der Waals surface area contributed by atoms with E-state index in [2.05, 4.69) is 0 Å². The van der Waals surface area contributed by atoms with Crippen molar-refractivity contribution in [2.75, 3.05) is 0 Å². The Morgan fingerprint density at radius 2 is 1.67 bits per heavy atom. The van der Waals surface area contributed by atoms with Crippen molar-refractivity contribution < 1.29 is 0 Å². The summed E-state index contributed by atoms with van der Waals surface area (Å²) in [5.41, 5.74) is 0. The largest absolute Gasteiger partial charge is 0.281 e. The molecule has 1 radical (unpaired) electrons. The summed E-state index contributed by atoms with van der Waals surface area (Å²) in [6, 6.07) is 0. The van der Waals surface area contributed by atoms with E-state index >= 15 is 0 Å². The van der Waals surface area contributed by atoms with Crippen molar-refractivity contribution in [1.82, 2.24) is 0 Å². The van der Waals surface area contributed by atoms with Crippen molar-refractivity contribution in [3.63, 3.8) is 0 Å². The molecule has 1 fully saturated rings. The number of alkyl halides is 1. The number of hydrogen-bond acceptors (Lipinski definition) is 0. The first-order valence-electron chi connectivity index (χ1n) is 4.42. The third-order valence-corrected chi connectivity index (χ3v) is 7.43. The van der Waals surface area contributed by atoms with Crippen LogP contribution >= 0.6 is 33.8 Å². The van der Waals surface area contributed by atoms with E-state index in [4.69, 9.17) is 33.8 Å². The minimum atomic E-state index is -1.28. The molecule has 1 atom stereocenters. The molecule has 0 aromatic carbocycles. The van der Waals surface area contributed by atoms with E-state index in [1.807, 2.05) is 6.92 Å². The van der Waals surface area contributed by atoms with Crippen LogP contribution in [0.3, 0.4) is 0 Å². The second-order valence-electron chi connectivity index (χ2n) is 3.59. The van der Waals surface area contributed by atoms with Crippen molar-refractivity contribution in [2.45, 2.75) is 49.4 Å². The maximum atomic E-state index is 6.16. The van der Waals surface area contributed by atoms with Crippen molar-refractivity contribution in [3.8, 4) is 0 Å². The Labute approximate surface area is 90.6 Å². The molecule has 1 rings (SSSR count). The molecule has 0 aliphatic heterocycles. The number of hydrogen-bond donors (Lipinski definition) is 0. The molecule has 71 valence electrons. The first-order valence-corrected chi connectivity index (χ1v) is 8.38. The summed E-state index contributed by atoms with van der Waals surface area (Å²) in [6.07, 6.45) is 6.04. The van der Waals surface area contributed by atoms with Gasteiger partial charge in [-0.2, -0.15) is 0 Å². The lowest BCUT2D eigenvalue weighted by Crippen LogP contribution is -2.33. The van der Waals surface area contributed by atoms with Crippen LogP contribution in [0, 0.1) is 0 Å². The fraction of sp³-hybridized carbons (Fsp3) is 1.00. The Morgan fingerprint density at radius 1 is 1.17 bits per heavy atom. The van der Waals surface area contributed by atoms with Crippen LogP contribution in [0.2, 0.25) is 5.04 Å². The van der Waals surface area contributed by atoms with E-state index in [0.717, 1.165) is 12.8 Å². The van der Waals surface area contributed by atoms with Gasteiger partial charge < -0.3 is 0 Å². The van der Waals surface area contributed by atoms with Gasteiger partial charge in [0.1, 0.15) is 0 Å². The van der Waals surface area contributed by atoms with Crippen LogP contribution in [0.1, 0.15) is 39.0 Å². The molecule has 0 nitrogen and oxygen atoms in total. The monoisotopic (exact) mass is 243 g/mol. The van der Waals surface area contributed by atoms with Crippen molar-refractivity contribution in [3.05, 3.63) is 0 Å². The van der Waals surface area contributed by atoms with Crippen LogP contribution in [0.25, 0.3) is 0 Å². The molecule has 1 saturated carbocycles. The molecule has 4 heteroatoms. The summed E-state index contributed by atoms with van der Waals surface area (Å²) in [5.74, 6) is 0. The minimum Gasteiger partial charge on any atom is -0.146 e. The molecule has 0 heterocycles. The SMILES string of the molecule is CC(Cl)C1([Si](Cl)Cl)CCCCC1. The third kappa shape index (κ3) is 2.12. The molecule has 0 saturated heterocycles. The van der Waals surface area contributed by atoms with E-state index in [1.54, 1.807) is 0 Å². The van der Waals surface area contributed by atoms with Gasteiger partial charge in [0, 0.05) is 10.4 Å². The molecule has 1 aliphatic rings. The lowest BCUT2D eigenvalue weighted by Gasteiger charge is -2.39. The van der Waals surface area contributed by atoms with Gasteiger partial charge in [0.15, 0.2) is 0 Å². The van der Waals surface area contributed by atoms with Crippen molar-refractivity contribution in [2.24, 2.45) is 0 Å². The van der Waals surface area contributed by atoms with Gasteiger partial charge in [-0.05, 0) is 19.8 Å². The predicted octanol–water partition coefficient (Wildman–Crippen LogP) is 4.28. The second kappa shape index (κ2) is 4.54. The lowest BCUT2D eigenvalue weighted by molar-refractivity contribution is 0.370. The van der Waals surface area contributed by atoms with Crippen molar-refractivity contribution in [1.29, 1.82) is 0 Å². The molecular formula is C8H14Cl3Si. The average Bonchev–Trinajstić information content (AvgIpc) is 2.05. The Kier molecular flexibility index (Phi) is 4.22. The highest BCUT2D eigenvalue weighted by Crippen LogP contribution is 2.52. The maximum Gasteiger partial charge on any atom is 0.281 e. The smallest absolute Gasteiger partial charge is 0.146 e. The quantitative estimate of drug-likeness (QED) is 0.386. The van der Waals surface area contributed by atoms with Gasteiger partial charge in [-0.3, -0.25) is 0 Å². The average molecular weight is 245 g/mol. The van der Waals surface area contributed by atoms with Gasteiger partial charge in [0.05, 0.1) is 0 Å². The molecule has 0 spiro atoms. The van der Waals surface area contributed by atoms with Gasteiger partial charge in [0.25, 0.3) is 7.42 Å². The number of halogens is 3. The van der Waals surface area contributed by atoms with Crippen molar-refractivity contribution >= 4 is 41.2 Å². The fourth-order valence-corrected chi connectivity index (χ4v) is 5.95. The molecule has 1 aliphatic carbocycles. The molecule has 0 amide bonds. The molecule has 0 N–H and O–H groups in total. The Morgan fingerprint density at radius 3 is 1.92 bits per heavy atom. The topological polar surface area (TPSA) is 0 Å². The van der Waals surface area contributed by atoms with E-state index in [9.17, 15) is 0 Å². The van der Waals surface area contributed by atoms with E-state index in [0.29, 0.717) is 0 Å². The summed E-state index contributed by atoms with van der Waals surface area (Å²) >= 11 is 18.3. The van der Waals surface area contributed by atoms with Crippen LogP contribution in [-0.4, -0.2) is 12.8 Å². The van der Waals surface area contributed by atoms with Crippen LogP contribution < -0.4 is 0 Å². The zero-order valence-electron chi connectivity index (χ0n) is 7.25. The highest BCUT2D eigenvalue weighted by atomic mass is 35.7. The van der Waals surface area contributed by atoms with Gasteiger partial charge in [-0.1, -0.05) is 19.3 Å². The fourth-order valence-electron chi connectivity index (χ4n) is 1.92. The molecule has 0 bridgehead atoms. The molecular weight excluding hydrogens is 231 g/mol. The van der Waals surface area contributed by atoms with Gasteiger partial charge in [0.2, 0.25) is 0 Å². The standard InChI is InChI=1S/C8H14Cl3Si/c1-7(9)8(12(10)11)5-3-2-4-6-8/h7H,2-6H2,1H3. The number of rotatable bonds is 2. The first kappa shape index (κ1) is 11.2. The summed E-state index contributed by atoms with van der Waals surface area (Å²) in [5, 5.41) is 0.204. The van der Waals surface area contributed by atoms with Gasteiger partial charge in [-0.15, -0.1) is 33.8 Å². The highest BCUT2D eigenvalue weighted by Gasteiger charge is 2.44. The van der Waals surface area contributed by atoms with Gasteiger partial charge >= 0.3 is 0 Å². The van der Waals surface area contributed by atoms with Gasteiger partial charge in [-0.25, -0.2) is 0 Å². The Hall–Kier alpha value is 1.09. The summed E-state index contributed by atoms with van der Waals surface area (Å²) < 4.78 is 0. The molecule has 1 unspecified atom stereocenters. The van der Waals surface area contributed by atoms with Crippen LogP contribution in [0.4, 0.5) is 0 Å². The normalized spacial score (nSPS) is 25.8. The Balaban J connectivity index is 2.70. The van der Waals surface area contributed by atoms with E-state index in [1.165, 1.54) is 19.3 Å². The van der Waals surface area contributed by atoms with Crippen LogP contribution in [0.15, 0.2) is 0 Å². The van der Waals surface area contributed by atoms with E-state index in [-0.39, 0.29) is 10.4 Å². The van der Waals surface area contributed by atoms with Crippen LogP contribution in [-0.2, 0) is 0 Å². The predicted molar refractivity (Wildman–Crippen MR) is 58.6 cm³/mol. The van der Waals surface area contributed by atoms with Crippen LogP contribution in [0.5, 0.6) is 0 Å². The second-order valence-corrected chi connectivity index (χ2v) is 8.61. The summed E-state index contributed by atoms with van der Waals surface area (Å²) in [4.78, 5) is 0. The zero-order chi connectivity index (χ0) is 9.19. The van der Waals surface area contributed by atoms with E-state index < -0.39 is 7.42 Å². The molecule has 12 heavy (non-hydrogen) atoms. The molecule has 0 aromatic heterocycles. The highest BCUT2D eigenvalue weighted by molar-refractivity contribution is 7.35. The first-order chi connectivity index (χ1) is 5.59. The lowest BCUT2D eigenvalue weighted by atomic mass is 9.86. The minimum absolute atomic E-state index is 0.0770. The zero-order valence-corrected chi connectivity index (χ0v) is 10.5. The Bertz CT molecular complexity index is 131. The maximum absolute atomic E-state index is 6.16. The third-order valence-electron chi connectivity index (χ3n) is 2.88. The molecule has 0 aromatic rings.